The van der Waals surface area contributed by atoms with E-state index in [1.165, 1.54) is 17.7 Å². The molecule has 7 nitrogen and oxygen atoms in total. The maximum Gasteiger partial charge on any atom is 0.148 e. The lowest BCUT2D eigenvalue weighted by molar-refractivity contribution is 0.141. The van der Waals surface area contributed by atoms with Crippen LogP contribution in [0.25, 0.3) is 21.3 Å². The molecule has 0 saturated carbocycles. The van der Waals surface area contributed by atoms with Crippen LogP contribution in [0.15, 0.2) is 43.0 Å². The van der Waals surface area contributed by atoms with Crippen LogP contribution in [0.3, 0.4) is 0 Å². The molecule has 0 amide bonds. The van der Waals surface area contributed by atoms with Crippen LogP contribution in [0.1, 0.15) is 27.9 Å². The number of fused-ring (bicyclic) bond motifs is 1. The van der Waals surface area contributed by atoms with Crippen molar-refractivity contribution in [1.29, 1.82) is 0 Å². The van der Waals surface area contributed by atoms with Gasteiger partial charge >= 0.3 is 0 Å². The minimum atomic E-state index is -0.874. The van der Waals surface area contributed by atoms with Gasteiger partial charge in [0.05, 0.1) is 16.3 Å². The number of aliphatic hydroxyl groups is 1. The SMILES string of the molecule is Cc1nnc2sc(C(O)NCc3ccc(-c4cncnc4)cc3)c(N)c2c1C. The first-order chi connectivity index (χ1) is 13.5. The number of hydrogen-bond acceptors (Lipinski definition) is 8. The molecule has 0 saturated heterocycles. The van der Waals surface area contributed by atoms with Gasteiger partial charge in [-0.2, -0.15) is 5.10 Å². The summed E-state index contributed by atoms with van der Waals surface area (Å²) in [5.74, 6) is 0. The molecule has 0 fully saturated rings. The molecule has 1 aromatic carbocycles. The number of nitrogens with one attached hydrogen (secondary N) is 1. The summed E-state index contributed by atoms with van der Waals surface area (Å²) in [6.45, 7) is 4.38. The summed E-state index contributed by atoms with van der Waals surface area (Å²) in [6, 6.07) is 8.04. The molecule has 1 unspecified atom stereocenters. The Hall–Kier alpha value is -2.94. The third-order valence-corrected chi connectivity index (χ3v) is 5.90. The number of aryl methyl sites for hydroxylation is 2. The van der Waals surface area contributed by atoms with E-state index in [1.54, 1.807) is 12.4 Å². The van der Waals surface area contributed by atoms with E-state index in [0.29, 0.717) is 17.1 Å². The van der Waals surface area contributed by atoms with E-state index >= 15 is 0 Å². The molecular weight excluding hydrogens is 372 g/mol. The van der Waals surface area contributed by atoms with E-state index in [9.17, 15) is 5.11 Å². The third-order valence-electron chi connectivity index (χ3n) is 4.76. The summed E-state index contributed by atoms with van der Waals surface area (Å²) in [5, 5.41) is 23.0. The number of nitrogens with zero attached hydrogens (tertiary/aromatic N) is 4. The van der Waals surface area contributed by atoms with Gasteiger partial charge in [0.1, 0.15) is 17.4 Å². The predicted octanol–water partition coefficient (Wildman–Crippen LogP) is 3.13. The molecule has 0 spiro atoms. The largest absolute Gasteiger partial charge is 0.397 e. The lowest BCUT2D eigenvalue weighted by atomic mass is 10.1. The van der Waals surface area contributed by atoms with Gasteiger partial charge in [-0.25, -0.2) is 9.97 Å². The lowest BCUT2D eigenvalue weighted by Crippen LogP contribution is -2.20. The van der Waals surface area contributed by atoms with Crippen molar-refractivity contribution >= 4 is 27.2 Å². The maximum atomic E-state index is 10.6. The Balaban J connectivity index is 1.49. The summed E-state index contributed by atoms with van der Waals surface area (Å²) >= 11 is 1.36. The molecule has 0 aliphatic rings. The van der Waals surface area contributed by atoms with Crippen molar-refractivity contribution in [3.63, 3.8) is 0 Å². The highest BCUT2D eigenvalue weighted by Crippen LogP contribution is 2.37. The monoisotopic (exact) mass is 392 g/mol. The van der Waals surface area contributed by atoms with Crippen molar-refractivity contribution in [3.8, 4) is 11.1 Å². The molecule has 0 aliphatic heterocycles. The minimum absolute atomic E-state index is 0.504. The zero-order chi connectivity index (χ0) is 19.7. The summed E-state index contributed by atoms with van der Waals surface area (Å²) in [7, 11) is 0. The smallest absolute Gasteiger partial charge is 0.148 e. The molecule has 4 rings (SSSR count). The fourth-order valence-corrected chi connectivity index (χ4v) is 4.09. The summed E-state index contributed by atoms with van der Waals surface area (Å²) < 4.78 is 0. The van der Waals surface area contributed by atoms with Gasteiger partial charge in [0.15, 0.2) is 0 Å². The highest BCUT2D eigenvalue weighted by atomic mass is 32.1. The van der Waals surface area contributed by atoms with Gasteiger partial charge in [0.2, 0.25) is 0 Å². The normalized spacial score (nSPS) is 12.4. The number of anilines is 1. The van der Waals surface area contributed by atoms with Crippen LogP contribution < -0.4 is 11.1 Å². The minimum Gasteiger partial charge on any atom is -0.397 e. The number of aromatic nitrogens is 4. The zero-order valence-electron chi connectivity index (χ0n) is 15.5. The van der Waals surface area contributed by atoms with Crippen molar-refractivity contribution in [2.24, 2.45) is 0 Å². The van der Waals surface area contributed by atoms with Crippen LogP contribution >= 0.6 is 11.3 Å². The van der Waals surface area contributed by atoms with Gasteiger partial charge in [-0.3, -0.25) is 5.32 Å². The third kappa shape index (κ3) is 3.45. The molecule has 3 aromatic heterocycles. The van der Waals surface area contributed by atoms with E-state index < -0.39 is 6.23 Å². The Kier molecular flexibility index (Phi) is 4.99. The van der Waals surface area contributed by atoms with Crippen LogP contribution in [0.4, 0.5) is 5.69 Å². The molecule has 1 atom stereocenters. The highest BCUT2D eigenvalue weighted by Gasteiger charge is 2.20. The van der Waals surface area contributed by atoms with Crippen molar-refractivity contribution in [2.45, 2.75) is 26.6 Å². The second-order valence-electron chi connectivity index (χ2n) is 6.58. The van der Waals surface area contributed by atoms with Crippen LogP contribution in [0.2, 0.25) is 0 Å². The number of nitrogen functional groups attached to an aromatic ring is 1. The van der Waals surface area contributed by atoms with Crippen LogP contribution in [-0.4, -0.2) is 25.3 Å². The van der Waals surface area contributed by atoms with Gasteiger partial charge in [-0.1, -0.05) is 24.3 Å². The fourth-order valence-electron chi connectivity index (χ4n) is 3.03. The Morgan fingerprint density at radius 3 is 2.50 bits per heavy atom. The maximum absolute atomic E-state index is 10.6. The van der Waals surface area contributed by atoms with Crippen molar-refractivity contribution in [2.75, 3.05) is 5.73 Å². The van der Waals surface area contributed by atoms with E-state index in [0.717, 1.165) is 38.2 Å². The molecule has 4 N–H and O–H groups in total. The van der Waals surface area contributed by atoms with E-state index in [-0.39, 0.29) is 0 Å². The van der Waals surface area contributed by atoms with E-state index in [4.69, 9.17) is 5.73 Å². The molecule has 8 heteroatoms. The first-order valence-corrected chi connectivity index (χ1v) is 9.63. The van der Waals surface area contributed by atoms with E-state index in [1.807, 2.05) is 38.1 Å². The molecular formula is C20H20N6OS. The summed E-state index contributed by atoms with van der Waals surface area (Å²) in [4.78, 5) is 9.48. The van der Waals surface area contributed by atoms with Crippen molar-refractivity contribution < 1.29 is 5.11 Å². The van der Waals surface area contributed by atoms with Crippen molar-refractivity contribution in [1.82, 2.24) is 25.5 Å². The number of hydrogen-bond donors (Lipinski definition) is 3. The molecule has 0 aliphatic carbocycles. The number of nitrogens with two attached hydrogens (primary N) is 1. The number of aliphatic hydroxyl groups excluding tert-OH is 1. The molecule has 28 heavy (non-hydrogen) atoms. The first-order valence-electron chi connectivity index (χ1n) is 8.82. The standard InChI is InChI=1S/C20H20N6OS/c1-11-12(2)25-26-20-16(11)17(21)18(28-20)19(27)24-7-13-3-5-14(6-4-13)15-8-22-10-23-9-15/h3-6,8-10,19,24,27H,7,21H2,1-2H3. The highest BCUT2D eigenvalue weighted by molar-refractivity contribution is 7.19. The van der Waals surface area contributed by atoms with Crippen LogP contribution in [-0.2, 0) is 6.54 Å². The average Bonchev–Trinajstić information content (AvgIpc) is 3.07. The Morgan fingerprint density at radius 1 is 1.07 bits per heavy atom. The van der Waals surface area contributed by atoms with Gasteiger partial charge in [-0.15, -0.1) is 16.4 Å². The second kappa shape index (κ2) is 7.59. The number of thiophene rings is 1. The van der Waals surface area contributed by atoms with Gasteiger partial charge in [0, 0.05) is 29.9 Å². The molecule has 0 radical (unpaired) electrons. The summed E-state index contributed by atoms with van der Waals surface area (Å²) in [5.41, 5.74) is 11.8. The Labute approximate surface area is 166 Å². The zero-order valence-corrected chi connectivity index (χ0v) is 16.4. The molecule has 142 valence electrons. The van der Waals surface area contributed by atoms with Crippen molar-refractivity contribution in [3.05, 3.63) is 64.7 Å². The molecule has 4 aromatic rings. The first kappa shape index (κ1) is 18.4. The lowest BCUT2D eigenvalue weighted by Gasteiger charge is -2.12. The predicted molar refractivity (Wildman–Crippen MR) is 111 cm³/mol. The Morgan fingerprint density at radius 2 is 1.79 bits per heavy atom. The van der Waals surface area contributed by atoms with Gasteiger partial charge in [-0.05, 0) is 30.5 Å². The fraction of sp³-hybridized carbons (Fsp3) is 0.200. The van der Waals surface area contributed by atoms with Gasteiger partial charge < -0.3 is 10.8 Å². The quantitative estimate of drug-likeness (QED) is 0.448. The Bertz CT molecular complexity index is 1110. The number of rotatable bonds is 5. The van der Waals surface area contributed by atoms with Gasteiger partial charge in [0.25, 0.3) is 0 Å². The second-order valence-corrected chi connectivity index (χ2v) is 7.61. The van der Waals surface area contributed by atoms with E-state index in [2.05, 4.69) is 25.5 Å². The molecule has 0 bridgehead atoms. The van der Waals surface area contributed by atoms with Crippen LogP contribution in [0, 0.1) is 13.8 Å². The topological polar surface area (TPSA) is 110 Å². The summed E-state index contributed by atoms with van der Waals surface area (Å²) in [6.07, 6.45) is 4.19. The molecule has 3 heterocycles. The number of benzene rings is 1. The van der Waals surface area contributed by atoms with Crippen LogP contribution in [0.5, 0.6) is 0 Å². The average molecular weight is 392 g/mol.